The molecule has 1 aliphatic rings. The van der Waals surface area contributed by atoms with Gasteiger partial charge in [0.2, 0.25) is 0 Å². The van der Waals surface area contributed by atoms with Gasteiger partial charge in [-0.05, 0) is 43.4 Å². The van der Waals surface area contributed by atoms with Crippen molar-refractivity contribution in [2.24, 2.45) is 23.0 Å². The number of hydrogen-bond acceptors (Lipinski definition) is 1. The summed E-state index contributed by atoms with van der Waals surface area (Å²) in [6.07, 6.45) is 5.59. The summed E-state index contributed by atoms with van der Waals surface area (Å²) in [7, 11) is 0. The zero-order chi connectivity index (χ0) is 12.3. The monoisotopic (exact) mass is 219 g/mol. The summed E-state index contributed by atoms with van der Waals surface area (Å²) in [5.74, 6) is 1.09. The molecule has 0 saturated heterocycles. The van der Waals surface area contributed by atoms with Gasteiger partial charge in [-0.1, -0.05) is 37.3 Å². The molecule has 1 fully saturated rings. The molecule has 2 N–H and O–H groups in total. The van der Waals surface area contributed by atoms with Gasteiger partial charge in [0.25, 0.3) is 0 Å². The highest BCUT2D eigenvalue weighted by Crippen LogP contribution is 2.48. The van der Waals surface area contributed by atoms with Crippen molar-refractivity contribution in [3.8, 4) is 0 Å². The van der Waals surface area contributed by atoms with Crippen LogP contribution in [0.1, 0.15) is 33.1 Å². The summed E-state index contributed by atoms with van der Waals surface area (Å²) in [6, 6.07) is 0. The fraction of sp³-hybridized carbons (Fsp3) is 0.600. The topological polar surface area (TPSA) is 26.0 Å². The third-order valence-electron chi connectivity index (χ3n) is 4.25. The number of rotatable bonds is 4. The molecule has 3 atom stereocenters. The first kappa shape index (κ1) is 13.2. The van der Waals surface area contributed by atoms with Gasteiger partial charge in [0.1, 0.15) is 0 Å². The molecule has 0 amide bonds. The van der Waals surface area contributed by atoms with Crippen molar-refractivity contribution in [2.75, 3.05) is 6.54 Å². The van der Waals surface area contributed by atoms with E-state index in [0.29, 0.717) is 18.4 Å². The van der Waals surface area contributed by atoms with Crippen LogP contribution in [0.25, 0.3) is 0 Å². The summed E-state index contributed by atoms with van der Waals surface area (Å²) in [5.41, 5.74) is 8.34. The second-order valence-corrected chi connectivity index (χ2v) is 5.44. The fourth-order valence-corrected chi connectivity index (χ4v) is 2.88. The Balaban J connectivity index is 2.85. The minimum atomic E-state index is 0.206. The van der Waals surface area contributed by atoms with Gasteiger partial charge in [-0.15, -0.1) is 6.58 Å². The molecule has 1 rings (SSSR count). The Hall–Kier alpha value is -0.820. The summed E-state index contributed by atoms with van der Waals surface area (Å²) in [4.78, 5) is 0. The Morgan fingerprint density at radius 3 is 2.56 bits per heavy atom. The summed E-state index contributed by atoms with van der Waals surface area (Å²) >= 11 is 0. The van der Waals surface area contributed by atoms with Crippen LogP contribution in [0.15, 0.2) is 37.0 Å². The van der Waals surface area contributed by atoms with E-state index in [-0.39, 0.29) is 5.41 Å². The van der Waals surface area contributed by atoms with Crippen molar-refractivity contribution in [2.45, 2.75) is 33.1 Å². The fourth-order valence-electron chi connectivity index (χ4n) is 2.88. The van der Waals surface area contributed by atoms with Crippen LogP contribution in [0.2, 0.25) is 0 Å². The van der Waals surface area contributed by atoms with Crippen LogP contribution < -0.4 is 5.73 Å². The van der Waals surface area contributed by atoms with Crippen molar-refractivity contribution < 1.29 is 0 Å². The Morgan fingerprint density at radius 2 is 2.12 bits per heavy atom. The standard InChI is InChI=1S/C15H25N/c1-6-15(5)8-7-13(12(4)10-16)9-14(15)11(2)3/h6,13-14H,1-2,4,7-10,16H2,3,5H3/t13-,14+,15-/m1/s1. The molecule has 0 aliphatic heterocycles. The molecule has 0 heterocycles. The van der Waals surface area contributed by atoms with Gasteiger partial charge in [0.05, 0.1) is 0 Å². The first-order valence-corrected chi connectivity index (χ1v) is 6.11. The number of hydrogen-bond donors (Lipinski definition) is 1. The van der Waals surface area contributed by atoms with E-state index in [1.54, 1.807) is 0 Å². The number of allylic oxidation sites excluding steroid dienone is 2. The van der Waals surface area contributed by atoms with E-state index in [9.17, 15) is 0 Å². The molecule has 1 nitrogen and oxygen atoms in total. The van der Waals surface area contributed by atoms with E-state index in [4.69, 9.17) is 5.73 Å². The van der Waals surface area contributed by atoms with E-state index >= 15 is 0 Å². The van der Waals surface area contributed by atoms with Gasteiger partial charge in [-0.2, -0.15) is 0 Å². The minimum Gasteiger partial charge on any atom is -0.327 e. The lowest BCUT2D eigenvalue weighted by Gasteiger charge is -2.43. The SMILES string of the molecule is C=C[C@]1(C)CC[C@@H](C(=C)CN)C[C@H]1C(=C)C. The normalized spacial score (nSPS) is 34.4. The van der Waals surface area contributed by atoms with Crippen LogP contribution in [-0.4, -0.2) is 6.54 Å². The molecule has 1 aliphatic carbocycles. The number of nitrogens with two attached hydrogens (primary N) is 1. The first-order valence-electron chi connectivity index (χ1n) is 6.11. The maximum atomic E-state index is 5.68. The van der Waals surface area contributed by atoms with Crippen molar-refractivity contribution in [1.82, 2.24) is 0 Å². The Bertz CT molecular complexity index is 303. The van der Waals surface area contributed by atoms with Crippen molar-refractivity contribution in [3.63, 3.8) is 0 Å². The van der Waals surface area contributed by atoms with Crippen LogP contribution in [0, 0.1) is 17.3 Å². The lowest BCUT2D eigenvalue weighted by atomic mass is 9.61. The predicted molar refractivity (Wildman–Crippen MR) is 72.1 cm³/mol. The van der Waals surface area contributed by atoms with Crippen molar-refractivity contribution in [3.05, 3.63) is 37.0 Å². The summed E-state index contributed by atoms with van der Waals surface area (Å²) < 4.78 is 0. The summed E-state index contributed by atoms with van der Waals surface area (Å²) in [6.45, 7) is 17.2. The zero-order valence-corrected chi connectivity index (χ0v) is 10.8. The van der Waals surface area contributed by atoms with Crippen LogP contribution in [0.4, 0.5) is 0 Å². The maximum Gasteiger partial charge on any atom is 0.0136 e. The Morgan fingerprint density at radius 1 is 1.50 bits per heavy atom. The highest BCUT2D eigenvalue weighted by Gasteiger charge is 2.38. The average molecular weight is 219 g/mol. The molecule has 1 saturated carbocycles. The zero-order valence-electron chi connectivity index (χ0n) is 10.8. The van der Waals surface area contributed by atoms with Gasteiger partial charge < -0.3 is 5.73 Å². The second kappa shape index (κ2) is 5.01. The van der Waals surface area contributed by atoms with Gasteiger partial charge in [-0.25, -0.2) is 0 Å². The van der Waals surface area contributed by atoms with E-state index in [2.05, 4.69) is 39.7 Å². The largest absolute Gasteiger partial charge is 0.327 e. The lowest BCUT2D eigenvalue weighted by molar-refractivity contribution is 0.169. The van der Waals surface area contributed by atoms with Crippen LogP contribution in [0.3, 0.4) is 0 Å². The Kier molecular flexibility index (Phi) is 4.15. The van der Waals surface area contributed by atoms with Crippen molar-refractivity contribution in [1.29, 1.82) is 0 Å². The molecular weight excluding hydrogens is 194 g/mol. The van der Waals surface area contributed by atoms with Gasteiger partial charge in [-0.3, -0.25) is 0 Å². The molecule has 0 bridgehead atoms. The second-order valence-electron chi connectivity index (χ2n) is 5.44. The van der Waals surface area contributed by atoms with Crippen LogP contribution in [0.5, 0.6) is 0 Å². The average Bonchev–Trinajstić information content (AvgIpc) is 2.28. The van der Waals surface area contributed by atoms with Crippen LogP contribution >= 0.6 is 0 Å². The molecular formula is C15H25N. The third-order valence-corrected chi connectivity index (χ3v) is 4.25. The van der Waals surface area contributed by atoms with Crippen LogP contribution in [-0.2, 0) is 0 Å². The highest BCUT2D eigenvalue weighted by molar-refractivity contribution is 5.16. The highest BCUT2D eigenvalue weighted by atomic mass is 14.5. The van der Waals surface area contributed by atoms with E-state index in [1.165, 1.54) is 17.6 Å². The van der Waals surface area contributed by atoms with E-state index in [0.717, 1.165) is 12.8 Å². The molecule has 1 heteroatoms. The quantitative estimate of drug-likeness (QED) is 0.717. The van der Waals surface area contributed by atoms with Gasteiger partial charge >= 0.3 is 0 Å². The third kappa shape index (κ3) is 2.46. The molecule has 0 aromatic carbocycles. The van der Waals surface area contributed by atoms with Gasteiger partial charge in [0, 0.05) is 6.54 Å². The molecule has 90 valence electrons. The van der Waals surface area contributed by atoms with E-state index < -0.39 is 0 Å². The van der Waals surface area contributed by atoms with Crippen molar-refractivity contribution >= 4 is 0 Å². The predicted octanol–water partition coefficient (Wildman–Crippen LogP) is 3.69. The lowest BCUT2D eigenvalue weighted by Crippen LogP contribution is -2.34. The van der Waals surface area contributed by atoms with Gasteiger partial charge in [0.15, 0.2) is 0 Å². The summed E-state index contributed by atoms with van der Waals surface area (Å²) in [5, 5.41) is 0. The first-order chi connectivity index (χ1) is 7.44. The smallest absolute Gasteiger partial charge is 0.0136 e. The minimum absolute atomic E-state index is 0.206. The molecule has 0 aromatic heterocycles. The molecule has 16 heavy (non-hydrogen) atoms. The molecule has 0 radical (unpaired) electrons. The molecule has 0 spiro atoms. The maximum absolute atomic E-state index is 5.68. The Labute approximate surface area is 100 Å². The molecule has 0 aromatic rings. The molecule has 0 unspecified atom stereocenters. The van der Waals surface area contributed by atoms with E-state index in [1.807, 2.05) is 0 Å².